The normalized spacial score (nSPS) is 16.2. The molecule has 0 aromatic carbocycles. The average Bonchev–Trinajstić information content (AvgIpc) is 2.74. The van der Waals surface area contributed by atoms with Crippen molar-refractivity contribution in [3.05, 3.63) is 23.3 Å². The molecule has 0 N–H and O–H groups in total. The van der Waals surface area contributed by atoms with Crippen LogP contribution in [0, 0.1) is 0 Å². The Kier molecular flexibility index (Phi) is 2.11. The molecule has 0 saturated carbocycles. The van der Waals surface area contributed by atoms with Gasteiger partial charge >= 0.3 is 6.18 Å². The zero-order chi connectivity index (χ0) is 12.0. The lowest BCUT2D eigenvalue weighted by atomic mass is 9.94. The lowest BCUT2D eigenvalue weighted by Crippen LogP contribution is -2.20. The van der Waals surface area contributed by atoms with Crippen LogP contribution < -0.4 is 0 Å². The van der Waals surface area contributed by atoms with Crippen LogP contribution >= 0.6 is 0 Å². The maximum atomic E-state index is 12.9. The summed E-state index contributed by atoms with van der Waals surface area (Å²) in [6.07, 6.45) is -0.540. The van der Waals surface area contributed by atoms with Crippen LogP contribution in [-0.4, -0.2) is 19.6 Å². The number of nitrogens with zero attached hydrogens (tertiary/aromatic N) is 4. The monoisotopic (exact) mass is 242 g/mol. The van der Waals surface area contributed by atoms with Crippen LogP contribution in [0.2, 0.25) is 0 Å². The van der Waals surface area contributed by atoms with Crippen molar-refractivity contribution in [2.45, 2.75) is 31.9 Å². The van der Waals surface area contributed by atoms with Crippen LogP contribution in [0.4, 0.5) is 13.2 Å². The van der Waals surface area contributed by atoms with Gasteiger partial charge in [-0.1, -0.05) is 0 Å². The Hall–Kier alpha value is -1.66. The molecule has 0 saturated heterocycles. The molecule has 1 aliphatic rings. The summed E-state index contributed by atoms with van der Waals surface area (Å²) >= 11 is 0. The molecule has 2 aromatic heterocycles. The van der Waals surface area contributed by atoms with Gasteiger partial charge in [0, 0.05) is 5.56 Å². The van der Waals surface area contributed by atoms with Gasteiger partial charge in [0.05, 0.1) is 5.69 Å². The van der Waals surface area contributed by atoms with Crippen molar-refractivity contribution < 1.29 is 13.2 Å². The molecule has 2 aromatic rings. The largest absolute Gasteiger partial charge is 0.433 e. The summed E-state index contributed by atoms with van der Waals surface area (Å²) in [5.41, 5.74) is 0.0838. The number of alkyl halides is 3. The highest BCUT2D eigenvalue weighted by molar-refractivity contribution is 5.39. The van der Waals surface area contributed by atoms with E-state index in [2.05, 4.69) is 15.1 Å². The lowest BCUT2D eigenvalue weighted by molar-refractivity contribution is -0.141. The number of hydrogen-bond acceptors (Lipinski definition) is 3. The third-order valence-corrected chi connectivity index (χ3v) is 2.99. The van der Waals surface area contributed by atoms with Crippen LogP contribution in [-0.2, 0) is 19.0 Å². The van der Waals surface area contributed by atoms with Gasteiger partial charge in [-0.2, -0.15) is 23.3 Å². The van der Waals surface area contributed by atoms with Gasteiger partial charge in [0.15, 0.2) is 5.69 Å². The van der Waals surface area contributed by atoms with Gasteiger partial charge in [0.1, 0.15) is 6.33 Å². The highest BCUT2D eigenvalue weighted by atomic mass is 19.4. The first-order chi connectivity index (χ1) is 8.07. The number of rotatable bonds is 0. The number of fused-ring (bicyclic) bond motifs is 3. The average molecular weight is 242 g/mol. The maximum absolute atomic E-state index is 12.9. The molecule has 1 aliphatic carbocycles. The van der Waals surface area contributed by atoms with E-state index in [4.69, 9.17) is 0 Å². The van der Waals surface area contributed by atoms with Crippen molar-refractivity contribution in [3.8, 4) is 0 Å². The minimum Gasteiger partial charge on any atom is -0.206 e. The molecular formula is C10H9F3N4. The molecule has 0 unspecified atom stereocenters. The van der Waals surface area contributed by atoms with Crippen molar-refractivity contribution in [3.63, 3.8) is 0 Å². The van der Waals surface area contributed by atoms with E-state index in [-0.39, 0.29) is 11.3 Å². The van der Waals surface area contributed by atoms with E-state index in [1.807, 2.05) is 0 Å². The fourth-order valence-corrected chi connectivity index (χ4v) is 2.28. The van der Waals surface area contributed by atoms with Gasteiger partial charge in [-0.3, -0.25) is 0 Å². The molecule has 17 heavy (non-hydrogen) atoms. The van der Waals surface area contributed by atoms with Gasteiger partial charge in [0.2, 0.25) is 0 Å². The zero-order valence-electron chi connectivity index (χ0n) is 8.83. The summed E-state index contributed by atoms with van der Waals surface area (Å²) < 4.78 is 40.1. The first-order valence-corrected chi connectivity index (χ1v) is 5.36. The zero-order valence-corrected chi connectivity index (χ0v) is 8.83. The molecule has 0 amide bonds. The molecule has 0 aliphatic heterocycles. The van der Waals surface area contributed by atoms with Gasteiger partial charge in [0.25, 0.3) is 5.78 Å². The van der Waals surface area contributed by atoms with E-state index in [0.29, 0.717) is 18.5 Å². The molecule has 3 rings (SSSR count). The molecule has 0 fully saturated rings. The molecule has 0 bridgehead atoms. The summed E-state index contributed by atoms with van der Waals surface area (Å²) in [5, 5.41) is 3.93. The standard InChI is InChI=1S/C10H9F3N4/c11-10(12,13)8-6-3-1-2-4-7(6)17-9(16-8)14-5-15-17/h5H,1-4H2. The van der Waals surface area contributed by atoms with Gasteiger partial charge < -0.3 is 0 Å². The molecule has 90 valence electrons. The third kappa shape index (κ3) is 1.57. The van der Waals surface area contributed by atoms with Crippen LogP contribution in [0.3, 0.4) is 0 Å². The van der Waals surface area contributed by atoms with Crippen molar-refractivity contribution in [2.75, 3.05) is 0 Å². The van der Waals surface area contributed by atoms with Gasteiger partial charge in [-0.15, -0.1) is 0 Å². The van der Waals surface area contributed by atoms with E-state index in [1.54, 1.807) is 0 Å². The SMILES string of the molecule is FC(F)(F)c1nc2ncnn2c2c1CCCC2. The molecule has 4 nitrogen and oxygen atoms in total. The quantitative estimate of drug-likeness (QED) is 0.709. The number of hydrogen-bond donors (Lipinski definition) is 0. The van der Waals surface area contributed by atoms with Crippen molar-refractivity contribution in [2.24, 2.45) is 0 Å². The second kappa shape index (κ2) is 3.41. The minimum atomic E-state index is -4.42. The second-order valence-electron chi connectivity index (χ2n) is 4.06. The van der Waals surface area contributed by atoms with Crippen molar-refractivity contribution >= 4 is 5.78 Å². The van der Waals surface area contributed by atoms with Crippen LogP contribution in [0.25, 0.3) is 5.78 Å². The fraction of sp³-hybridized carbons (Fsp3) is 0.500. The van der Waals surface area contributed by atoms with E-state index >= 15 is 0 Å². The summed E-state index contributed by atoms with van der Waals surface area (Å²) in [6.45, 7) is 0. The fourth-order valence-electron chi connectivity index (χ4n) is 2.28. The van der Waals surface area contributed by atoms with E-state index in [9.17, 15) is 13.2 Å². The topological polar surface area (TPSA) is 43.1 Å². The van der Waals surface area contributed by atoms with Crippen molar-refractivity contribution in [1.82, 2.24) is 19.6 Å². The Morgan fingerprint density at radius 1 is 1.18 bits per heavy atom. The minimum absolute atomic E-state index is 0.0259. The Bertz CT molecular complexity index is 573. The number of aryl methyl sites for hydroxylation is 1. The van der Waals surface area contributed by atoms with E-state index < -0.39 is 11.9 Å². The smallest absolute Gasteiger partial charge is 0.206 e. The first kappa shape index (κ1) is 10.5. The summed E-state index contributed by atoms with van der Waals surface area (Å²) in [4.78, 5) is 7.33. The Morgan fingerprint density at radius 3 is 2.71 bits per heavy atom. The highest BCUT2D eigenvalue weighted by Crippen LogP contribution is 2.34. The van der Waals surface area contributed by atoms with Crippen molar-refractivity contribution in [1.29, 1.82) is 0 Å². The summed E-state index contributed by atoms with van der Waals surface area (Å²) in [5.74, 6) is 0.0259. The molecule has 0 atom stereocenters. The first-order valence-electron chi connectivity index (χ1n) is 5.36. The predicted octanol–water partition coefficient (Wildman–Crippen LogP) is 2.02. The van der Waals surface area contributed by atoms with Crippen LogP contribution in [0.15, 0.2) is 6.33 Å². The summed E-state index contributed by atoms with van der Waals surface area (Å²) in [7, 11) is 0. The Labute approximate surface area is 94.5 Å². The van der Waals surface area contributed by atoms with Crippen LogP contribution in [0.5, 0.6) is 0 Å². The number of aromatic nitrogens is 4. The Morgan fingerprint density at radius 2 is 1.94 bits per heavy atom. The maximum Gasteiger partial charge on any atom is 0.433 e. The van der Waals surface area contributed by atoms with Crippen LogP contribution in [0.1, 0.15) is 29.8 Å². The van der Waals surface area contributed by atoms with E-state index in [0.717, 1.165) is 12.8 Å². The molecule has 7 heteroatoms. The molecule has 2 heterocycles. The molecule has 0 radical (unpaired) electrons. The lowest BCUT2D eigenvalue weighted by Gasteiger charge is -2.20. The highest BCUT2D eigenvalue weighted by Gasteiger charge is 2.38. The second-order valence-corrected chi connectivity index (χ2v) is 4.06. The molecular weight excluding hydrogens is 233 g/mol. The van der Waals surface area contributed by atoms with Gasteiger partial charge in [-0.25, -0.2) is 9.50 Å². The van der Waals surface area contributed by atoms with Gasteiger partial charge in [-0.05, 0) is 25.7 Å². The predicted molar refractivity (Wildman–Crippen MR) is 52.4 cm³/mol. The van der Waals surface area contributed by atoms with E-state index in [1.165, 1.54) is 10.8 Å². The molecule has 0 spiro atoms. The number of halogens is 3. The Balaban J connectivity index is 2.35. The summed E-state index contributed by atoms with van der Waals surface area (Å²) in [6, 6.07) is 0. The third-order valence-electron chi connectivity index (χ3n) is 2.99.